The zero-order chi connectivity index (χ0) is 15.0. The Morgan fingerprint density at radius 3 is 2.75 bits per heavy atom. The van der Waals surface area contributed by atoms with Crippen LogP contribution in [-0.2, 0) is 9.47 Å². The average molecular weight is 350 g/mol. The smallest absolute Gasteiger partial charge is 0.147 e. The zero-order valence-corrected chi connectivity index (χ0v) is 13.3. The molecule has 1 aromatic rings. The lowest BCUT2D eigenvalue weighted by atomic mass is 10.3. The van der Waals surface area contributed by atoms with E-state index in [1.165, 1.54) is 6.07 Å². The van der Waals surface area contributed by atoms with Crippen molar-refractivity contribution in [1.29, 1.82) is 0 Å². The Morgan fingerprint density at radius 2 is 2.10 bits per heavy atom. The highest BCUT2D eigenvalue weighted by Gasteiger charge is 2.07. The molecule has 1 rings (SSSR count). The Hall–Kier alpha value is -0.690. The molecule has 1 aromatic carbocycles. The number of hydrogen-bond acceptors (Lipinski definition) is 4. The maximum absolute atomic E-state index is 13.5. The molecule has 20 heavy (non-hydrogen) atoms. The Bertz CT molecular complexity index is 404. The van der Waals surface area contributed by atoms with Gasteiger partial charge in [0, 0.05) is 11.0 Å². The molecule has 4 nitrogen and oxygen atoms in total. The predicted molar refractivity (Wildman–Crippen MR) is 80.5 cm³/mol. The van der Waals surface area contributed by atoms with Gasteiger partial charge in [0.2, 0.25) is 0 Å². The van der Waals surface area contributed by atoms with E-state index in [9.17, 15) is 9.50 Å². The molecule has 0 saturated carbocycles. The second-order valence-electron chi connectivity index (χ2n) is 4.65. The van der Waals surface area contributed by atoms with Gasteiger partial charge in [0.15, 0.2) is 0 Å². The molecule has 114 valence electrons. The van der Waals surface area contributed by atoms with Crippen molar-refractivity contribution in [1.82, 2.24) is 0 Å². The zero-order valence-electron chi connectivity index (χ0n) is 11.7. The second-order valence-corrected chi connectivity index (χ2v) is 5.57. The van der Waals surface area contributed by atoms with Crippen LogP contribution < -0.4 is 5.32 Å². The van der Waals surface area contributed by atoms with Gasteiger partial charge in [-0.2, -0.15) is 0 Å². The minimum absolute atomic E-state index is 0.172. The fourth-order valence-corrected chi connectivity index (χ4v) is 1.81. The van der Waals surface area contributed by atoms with Crippen LogP contribution in [0.1, 0.15) is 13.8 Å². The Kier molecular flexibility index (Phi) is 8.06. The van der Waals surface area contributed by atoms with Crippen LogP contribution in [0.5, 0.6) is 0 Å². The number of aliphatic hydroxyl groups excluding tert-OH is 1. The third-order valence-electron chi connectivity index (χ3n) is 2.45. The van der Waals surface area contributed by atoms with Crippen LogP contribution in [0.2, 0.25) is 0 Å². The van der Waals surface area contributed by atoms with E-state index >= 15 is 0 Å². The van der Waals surface area contributed by atoms with Crippen LogP contribution in [0, 0.1) is 5.82 Å². The highest BCUT2D eigenvalue weighted by atomic mass is 79.9. The number of benzene rings is 1. The highest BCUT2D eigenvalue weighted by Crippen LogP contribution is 2.19. The third kappa shape index (κ3) is 7.19. The molecule has 0 fully saturated rings. The van der Waals surface area contributed by atoms with E-state index in [1.54, 1.807) is 12.1 Å². The van der Waals surface area contributed by atoms with Gasteiger partial charge in [0.25, 0.3) is 0 Å². The van der Waals surface area contributed by atoms with Gasteiger partial charge < -0.3 is 19.9 Å². The summed E-state index contributed by atoms with van der Waals surface area (Å²) >= 11 is 3.19. The number of halogens is 2. The van der Waals surface area contributed by atoms with Crippen molar-refractivity contribution in [3.63, 3.8) is 0 Å². The van der Waals surface area contributed by atoms with E-state index in [0.29, 0.717) is 23.4 Å². The quantitative estimate of drug-likeness (QED) is 0.673. The first-order chi connectivity index (χ1) is 9.49. The maximum Gasteiger partial charge on any atom is 0.147 e. The molecular weight excluding hydrogens is 329 g/mol. The van der Waals surface area contributed by atoms with E-state index in [0.717, 1.165) is 0 Å². The summed E-state index contributed by atoms with van der Waals surface area (Å²) in [6.07, 6.45) is -0.525. The summed E-state index contributed by atoms with van der Waals surface area (Å²) in [5.74, 6) is -0.363. The van der Waals surface area contributed by atoms with Crippen LogP contribution >= 0.6 is 15.9 Å². The van der Waals surface area contributed by atoms with Crippen LogP contribution in [-0.4, -0.2) is 43.7 Å². The summed E-state index contributed by atoms with van der Waals surface area (Å²) in [7, 11) is 0. The van der Waals surface area contributed by atoms with Crippen molar-refractivity contribution >= 4 is 21.6 Å². The molecule has 1 atom stereocenters. The van der Waals surface area contributed by atoms with Gasteiger partial charge in [-0.1, -0.05) is 15.9 Å². The summed E-state index contributed by atoms with van der Waals surface area (Å²) in [5.41, 5.74) is 0.357. The monoisotopic (exact) mass is 349 g/mol. The Morgan fingerprint density at radius 1 is 1.35 bits per heavy atom. The summed E-state index contributed by atoms with van der Waals surface area (Å²) in [4.78, 5) is 0. The fraction of sp³-hybridized carbons (Fsp3) is 0.571. The van der Waals surface area contributed by atoms with Crippen molar-refractivity contribution in [2.45, 2.75) is 26.1 Å². The molecule has 0 aromatic heterocycles. The number of rotatable bonds is 9. The molecule has 0 amide bonds. The Balaban J connectivity index is 2.18. The van der Waals surface area contributed by atoms with Crippen LogP contribution in [0.4, 0.5) is 10.1 Å². The van der Waals surface area contributed by atoms with Gasteiger partial charge in [0.1, 0.15) is 5.82 Å². The maximum atomic E-state index is 13.5. The summed E-state index contributed by atoms with van der Waals surface area (Å²) < 4.78 is 24.8. The van der Waals surface area contributed by atoms with Crippen molar-refractivity contribution in [2.75, 3.05) is 31.7 Å². The summed E-state index contributed by atoms with van der Waals surface area (Å²) in [6, 6.07) is 4.72. The molecule has 0 aliphatic heterocycles. The van der Waals surface area contributed by atoms with Gasteiger partial charge in [-0.05, 0) is 32.0 Å². The largest absolute Gasteiger partial charge is 0.389 e. The van der Waals surface area contributed by atoms with Gasteiger partial charge >= 0.3 is 0 Å². The SMILES string of the molecule is CC(C)OCCOCC(O)CNc1ccc(Br)cc1F. The third-order valence-corrected chi connectivity index (χ3v) is 2.94. The lowest BCUT2D eigenvalue weighted by Gasteiger charge is -2.14. The molecule has 0 spiro atoms. The number of nitrogens with one attached hydrogen (secondary N) is 1. The standard InChI is InChI=1S/C14H21BrFNO3/c1-10(2)20-6-5-19-9-12(18)8-17-14-4-3-11(15)7-13(14)16/h3-4,7,10,12,17-18H,5-6,8-9H2,1-2H3. The molecule has 0 radical (unpaired) electrons. The van der Waals surface area contributed by atoms with E-state index in [4.69, 9.17) is 9.47 Å². The molecule has 0 aliphatic carbocycles. The van der Waals surface area contributed by atoms with Crippen molar-refractivity contribution in [3.8, 4) is 0 Å². The normalized spacial score (nSPS) is 12.7. The average Bonchev–Trinajstić information content (AvgIpc) is 2.37. The lowest BCUT2D eigenvalue weighted by molar-refractivity contribution is -0.00735. The van der Waals surface area contributed by atoms with Crippen LogP contribution in [0.15, 0.2) is 22.7 Å². The number of anilines is 1. The summed E-state index contributed by atoms with van der Waals surface area (Å²) in [5, 5.41) is 12.5. The van der Waals surface area contributed by atoms with Crippen molar-refractivity contribution < 1.29 is 19.0 Å². The molecule has 0 heterocycles. The molecule has 0 saturated heterocycles. The number of ether oxygens (including phenoxy) is 2. The van der Waals surface area contributed by atoms with Gasteiger partial charge in [-0.25, -0.2) is 4.39 Å². The van der Waals surface area contributed by atoms with Crippen molar-refractivity contribution in [3.05, 3.63) is 28.5 Å². The molecule has 0 bridgehead atoms. The van der Waals surface area contributed by atoms with Gasteiger partial charge in [-0.3, -0.25) is 0 Å². The number of aliphatic hydroxyl groups is 1. The van der Waals surface area contributed by atoms with Crippen LogP contribution in [0.25, 0.3) is 0 Å². The van der Waals surface area contributed by atoms with Crippen LogP contribution in [0.3, 0.4) is 0 Å². The highest BCUT2D eigenvalue weighted by molar-refractivity contribution is 9.10. The first-order valence-corrected chi connectivity index (χ1v) is 7.34. The topological polar surface area (TPSA) is 50.7 Å². The van der Waals surface area contributed by atoms with E-state index in [1.807, 2.05) is 13.8 Å². The van der Waals surface area contributed by atoms with E-state index < -0.39 is 6.10 Å². The Labute approximate surface area is 127 Å². The second kappa shape index (κ2) is 9.28. The fourth-order valence-electron chi connectivity index (χ4n) is 1.48. The molecular formula is C14H21BrFNO3. The summed E-state index contributed by atoms with van der Waals surface area (Å²) in [6.45, 7) is 5.24. The number of hydrogen-bond donors (Lipinski definition) is 2. The van der Waals surface area contributed by atoms with Gasteiger partial charge in [-0.15, -0.1) is 0 Å². The molecule has 2 N–H and O–H groups in total. The first-order valence-electron chi connectivity index (χ1n) is 6.55. The van der Waals surface area contributed by atoms with E-state index in [2.05, 4.69) is 21.2 Å². The molecule has 0 aliphatic rings. The predicted octanol–water partition coefficient (Wildman–Crippen LogP) is 2.80. The lowest BCUT2D eigenvalue weighted by Crippen LogP contribution is -2.26. The van der Waals surface area contributed by atoms with Gasteiger partial charge in [0.05, 0.1) is 37.7 Å². The first kappa shape index (κ1) is 17.4. The molecule has 1 unspecified atom stereocenters. The molecule has 6 heteroatoms. The minimum atomic E-state index is -0.697. The van der Waals surface area contributed by atoms with Crippen molar-refractivity contribution in [2.24, 2.45) is 0 Å². The minimum Gasteiger partial charge on any atom is -0.389 e. The van der Waals surface area contributed by atoms with E-state index in [-0.39, 0.29) is 25.1 Å².